The van der Waals surface area contributed by atoms with Gasteiger partial charge in [0.2, 0.25) is 0 Å². The van der Waals surface area contributed by atoms with Crippen molar-refractivity contribution in [3.63, 3.8) is 0 Å². The van der Waals surface area contributed by atoms with Crippen LogP contribution >= 0.6 is 15.9 Å². The first kappa shape index (κ1) is 16.5. The molecular weight excluding hydrogens is 332 g/mol. The Labute approximate surface area is 134 Å². The van der Waals surface area contributed by atoms with E-state index in [9.17, 15) is 4.79 Å². The lowest BCUT2D eigenvalue weighted by Crippen LogP contribution is -2.44. The zero-order chi connectivity index (χ0) is 15.6. The normalized spacial score (nSPS) is 17.8. The Bertz CT molecular complexity index is 553. The number of aromatic nitrogens is 2. The Hall–Kier alpha value is -0.880. The third-order valence-corrected chi connectivity index (χ3v) is 4.63. The molecule has 1 fully saturated rings. The van der Waals surface area contributed by atoms with Crippen molar-refractivity contribution in [2.45, 2.75) is 52.1 Å². The van der Waals surface area contributed by atoms with Crippen molar-refractivity contribution in [1.29, 1.82) is 0 Å². The van der Waals surface area contributed by atoms with Crippen molar-refractivity contribution in [3.05, 3.63) is 21.0 Å². The summed E-state index contributed by atoms with van der Waals surface area (Å²) in [6.45, 7) is 7.63. The van der Waals surface area contributed by atoms with Gasteiger partial charge in [-0.3, -0.25) is 4.79 Å². The summed E-state index contributed by atoms with van der Waals surface area (Å²) in [4.78, 5) is 12.3. The molecule has 0 radical (unpaired) electrons. The van der Waals surface area contributed by atoms with Crippen LogP contribution in [0.1, 0.15) is 40.0 Å². The second-order valence-corrected chi connectivity index (χ2v) is 7.58. The van der Waals surface area contributed by atoms with Crippen LogP contribution in [0.25, 0.3) is 0 Å². The molecule has 1 unspecified atom stereocenters. The van der Waals surface area contributed by atoms with Crippen LogP contribution in [0, 0.1) is 11.8 Å². The summed E-state index contributed by atoms with van der Waals surface area (Å²) >= 11 is 3.41. The van der Waals surface area contributed by atoms with Crippen molar-refractivity contribution in [1.82, 2.24) is 9.78 Å². The second kappa shape index (κ2) is 6.48. The highest BCUT2D eigenvalue weighted by molar-refractivity contribution is 9.10. The van der Waals surface area contributed by atoms with Gasteiger partial charge in [0.1, 0.15) is 4.47 Å². The topological polar surface area (TPSA) is 72.9 Å². The third kappa shape index (κ3) is 4.30. The van der Waals surface area contributed by atoms with Crippen LogP contribution in [0.15, 0.2) is 15.5 Å². The van der Waals surface area contributed by atoms with Gasteiger partial charge in [-0.25, -0.2) is 4.68 Å². The molecule has 0 aliphatic heterocycles. The molecule has 1 saturated carbocycles. The molecule has 1 aliphatic rings. The van der Waals surface area contributed by atoms with Crippen LogP contribution < -0.4 is 16.6 Å². The van der Waals surface area contributed by atoms with Gasteiger partial charge in [-0.2, -0.15) is 5.10 Å². The molecule has 1 aromatic rings. The number of nitrogens with two attached hydrogens (primary N) is 1. The van der Waals surface area contributed by atoms with E-state index in [0.29, 0.717) is 22.9 Å². The van der Waals surface area contributed by atoms with Crippen LogP contribution in [0.3, 0.4) is 0 Å². The van der Waals surface area contributed by atoms with E-state index < -0.39 is 0 Å². The Morgan fingerprint density at radius 2 is 2.24 bits per heavy atom. The maximum absolute atomic E-state index is 12.3. The summed E-state index contributed by atoms with van der Waals surface area (Å²) in [7, 11) is 0. The van der Waals surface area contributed by atoms with Crippen LogP contribution in [-0.2, 0) is 6.54 Å². The Balaban J connectivity index is 2.19. The molecule has 118 valence electrons. The quantitative estimate of drug-likeness (QED) is 0.787. The summed E-state index contributed by atoms with van der Waals surface area (Å²) in [5.41, 5.74) is 6.32. The van der Waals surface area contributed by atoms with Crippen LogP contribution in [0.4, 0.5) is 5.69 Å². The van der Waals surface area contributed by atoms with Crippen molar-refractivity contribution in [2.24, 2.45) is 17.6 Å². The fraction of sp³-hybridized carbons (Fsp3) is 0.733. The van der Waals surface area contributed by atoms with E-state index in [4.69, 9.17) is 5.73 Å². The molecule has 2 rings (SSSR count). The largest absolute Gasteiger partial charge is 0.376 e. The zero-order valence-electron chi connectivity index (χ0n) is 13.0. The minimum atomic E-state index is -0.243. The van der Waals surface area contributed by atoms with Crippen LogP contribution in [0.2, 0.25) is 0 Å². The molecule has 0 bridgehead atoms. The van der Waals surface area contributed by atoms with Gasteiger partial charge in [-0.1, -0.05) is 13.8 Å². The van der Waals surface area contributed by atoms with E-state index in [1.807, 2.05) is 0 Å². The van der Waals surface area contributed by atoms with Gasteiger partial charge in [-0.15, -0.1) is 0 Å². The minimum Gasteiger partial charge on any atom is -0.376 e. The van der Waals surface area contributed by atoms with Gasteiger partial charge in [0.05, 0.1) is 11.9 Å². The number of hydrogen-bond donors (Lipinski definition) is 2. The number of halogens is 1. The van der Waals surface area contributed by atoms with Gasteiger partial charge in [0.15, 0.2) is 0 Å². The van der Waals surface area contributed by atoms with Crippen molar-refractivity contribution in [2.75, 3.05) is 11.9 Å². The number of hydrogen-bond acceptors (Lipinski definition) is 4. The highest BCUT2D eigenvalue weighted by atomic mass is 79.9. The lowest BCUT2D eigenvalue weighted by Gasteiger charge is -2.32. The Morgan fingerprint density at radius 1 is 1.57 bits per heavy atom. The fourth-order valence-electron chi connectivity index (χ4n) is 2.64. The SMILES string of the molecule is CC(C)CC(C)(CN)Nc1cnn(CC2CC2)c(=O)c1Br. The van der Waals surface area contributed by atoms with E-state index in [1.54, 1.807) is 10.9 Å². The van der Waals surface area contributed by atoms with Crippen LogP contribution in [-0.4, -0.2) is 21.9 Å². The predicted octanol–water partition coefficient (Wildman–Crippen LogP) is 2.59. The van der Waals surface area contributed by atoms with E-state index >= 15 is 0 Å². The molecule has 0 spiro atoms. The van der Waals surface area contributed by atoms with E-state index in [-0.39, 0.29) is 11.1 Å². The van der Waals surface area contributed by atoms with Crippen LogP contribution in [0.5, 0.6) is 0 Å². The van der Waals surface area contributed by atoms with Crippen molar-refractivity contribution < 1.29 is 0 Å². The molecule has 21 heavy (non-hydrogen) atoms. The van der Waals surface area contributed by atoms with E-state index in [1.165, 1.54) is 12.8 Å². The molecule has 1 heterocycles. The highest BCUT2D eigenvalue weighted by Gasteiger charge is 2.26. The molecule has 0 amide bonds. The van der Waals surface area contributed by atoms with Gasteiger partial charge >= 0.3 is 0 Å². The molecule has 0 saturated heterocycles. The summed E-state index contributed by atoms with van der Waals surface area (Å²) in [6.07, 6.45) is 5.06. The molecule has 0 aromatic carbocycles. The Kier molecular flexibility index (Phi) is 5.09. The third-order valence-electron chi connectivity index (χ3n) is 3.86. The fourth-order valence-corrected chi connectivity index (χ4v) is 3.04. The van der Waals surface area contributed by atoms with Gasteiger partial charge in [0, 0.05) is 18.6 Å². The summed E-state index contributed by atoms with van der Waals surface area (Å²) < 4.78 is 2.09. The standard InChI is InChI=1S/C15H25BrN4O/c1-10(2)6-15(3,9-17)19-12-7-18-20(8-11-4-5-11)14(21)13(12)16/h7,10-11,19H,4-6,8-9,17H2,1-3H3. The number of nitrogens with one attached hydrogen (secondary N) is 1. The predicted molar refractivity (Wildman–Crippen MR) is 89.5 cm³/mol. The lowest BCUT2D eigenvalue weighted by atomic mass is 9.90. The molecule has 5 nitrogen and oxygen atoms in total. The molecule has 6 heteroatoms. The summed E-state index contributed by atoms with van der Waals surface area (Å²) in [5, 5.41) is 7.68. The zero-order valence-corrected chi connectivity index (χ0v) is 14.6. The molecular formula is C15H25BrN4O. The molecule has 3 N–H and O–H groups in total. The van der Waals surface area contributed by atoms with Gasteiger partial charge < -0.3 is 11.1 Å². The second-order valence-electron chi connectivity index (χ2n) is 6.79. The van der Waals surface area contributed by atoms with Gasteiger partial charge in [0.25, 0.3) is 5.56 Å². The number of anilines is 1. The van der Waals surface area contributed by atoms with Crippen molar-refractivity contribution >= 4 is 21.6 Å². The average molecular weight is 357 g/mol. The first-order valence-corrected chi connectivity index (χ1v) is 8.38. The summed E-state index contributed by atoms with van der Waals surface area (Å²) in [6, 6.07) is 0. The highest BCUT2D eigenvalue weighted by Crippen LogP contribution is 2.30. The van der Waals surface area contributed by atoms with Gasteiger partial charge in [-0.05, 0) is 54.0 Å². The number of nitrogens with zero attached hydrogens (tertiary/aromatic N) is 2. The van der Waals surface area contributed by atoms with E-state index in [2.05, 4.69) is 47.1 Å². The molecule has 1 aromatic heterocycles. The smallest absolute Gasteiger partial charge is 0.283 e. The van der Waals surface area contributed by atoms with E-state index in [0.717, 1.165) is 18.7 Å². The first-order valence-electron chi connectivity index (χ1n) is 7.58. The monoisotopic (exact) mass is 356 g/mol. The first-order chi connectivity index (χ1) is 9.84. The van der Waals surface area contributed by atoms with Crippen molar-refractivity contribution in [3.8, 4) is 0 Å². The maximum Gasteiger partial charge on any atom is 0.283 e. The molecule has 1 atom stereocenters. The molecule has 1 aliphatic carbocycles. The maximum atomic E-state index is 12.3. The lowest BCUT2D eigenvalue weighted by molar-refractivity contribution is 0.406. The number of rotatable bonds is 7. The summed E-state index contributed by atoms with van der Waals surface area (Å²) in [5.74, 6) is 1.14. The minimum absolute atomic E-state index is 0.0733. The average Bonchev–Trinajstić information content (AvgIpc) is 3.22. The Morgan fingerprint density at radius 3 is 2.76 bits per heavy atom.